The van der Waals surface area contributed by atoms with Gasteiger partial charge < -0.3 is 0 Å². The molecule has 0 aliphatic heterocycles. The van der Waals surface area contributed by atoms with Crippen molar-refractivity contribution in [1.82, 2.24) is 4.98 Å². The molecule has 0 saturated heterocycles. The van der Waals surface area contributed by atoms with E-state index in [2.05, 4.69) is 24.0 Å². The maximum atomic E-state index is 5.75. The number of alkyl halides is 1. The van der Waals surface area contributed by atoms with E-state index in [0.717, 1.165) is 11.4 Å². The van der Waals surface area contributed by atoms with Gasteiger partial charge >= 0.3 is 0 Å². The first-order valence-electron chi connectivity index (χ1n) is 4.29. The molecule has 0 N–H and O–H groups in total. The molecular formula is C10H14ClNS. The molecule has 0 fully saturated rings. The molecule has 0 spiro atoms. The second kappa shape index (κ2) is 4.87. The van der Waals surface area contributed by atoms with Crippen molar-refractivity contribution in [3.8, 4) is 0 Å². The number of rotatable bonds is 3. The second-order valence-electron chi connectivity index (χ2n) is 3.17. The molecule has 1 aromatic heterocycles. The molecule has 72 valence electrons. The smallest absolute Gasteiger partial charge is 0.0387 e. The zero-order chi connectivity index (χ0) is 9.84. The van der Waals surface area contributed by atoms with Gasteiger partial charge in [-0.1, -0.05) is 6.92 Å². The van der Waals surface area contributed by atoms with Crippen LogP contribution >= 0.6 is 23.4 Å². The van der Waals surface area contributed by atoms with Crippen LogP contribution < -0.4 is 0 Å². The van der Waals surface area contributed by atoms with E-state index in [1.54, 1.807) is 11.8 Å². The van der Waals surface area contributed by atoms with Crippen molar-refractivity contribution in [2.75, 3.05) is 5.88 Å². The van der Waals surface area contributed by atoms with Gasteiger partial charge in [0.15, 0.2) is 0 Å². The fourth-order valence-corrected chi connectivity index (χ4v) is 2.32. The number of halogens is 1. The van der Waals surface area contributed by atoms with E-state index >= 15 is 0 Å². The predicted molar refractivity (Wildman–Crippen MR) is 59.8 cm³/mol. The number of thioether (sulfide) groups is 1. The van der Waals surface area contributed by atoms with Gasteiger partial charge in [0.05, 0.1) is 0 Å². The van der Waals surface area contributed by atoms with E-state index in [1.165, 1.54) is 4.90 Å². The Morgan fingerprint density at radius 2 is 1.92 bits per heavy atom. The van der Waals surface area contributed by atoms with Gasteiger partial charge in [0.1, 0.15) is 0 Å². The Morgan fingerprint density at radius 1 is 1.38 bits per heavy atom. The van der Waals surface area contributed by atoms with Gasteiger partial charge in [-0.2, -0.15) is 0 Å². The molecular weight excluding hydrogens is 202 g/mol. The lowest BCUT2D eigenvalue weighted by atomic mass is 10.3. The highest BCUT2D eigenvalue weighted by atomic mass is 35.5. The summed E-state index contributed by atoms with van der Waals surface area (Å²) in [4.78, 5) is 5.58. The fraction of sp³-hybridized carbons (Fsp3) is 0.500. The van der Waals surface area contributed by atoms with E-state index in [4.69, 9.17) is 11.6 Å². The SMILES string of the molecule is Cc1cc(SC(C)CCl)cc(C)n1. The third-order valence-corrected chi connectivity index (χ3v) is 3.33. The van der Waals surface area contributed by atoms with Crippen LogP contribution in [-0.4, -0.2) is 16.1 Å². The van der Waals surface area contributed by atoms with Crippen LogP contribution in [0.2, 0.25) is 0 Å². The fourth-order valence-electron chi connectivity index (χ4n) is 1.13. The summed E-state index contributed by atoms with van der Waals surface area (Å²) in [5.74, 6) is 0.686. The Morgan fingerprint density at radius 3 is 2.38 bits per heavy atom. The number of hydrogen-bond donors (Lipinski definition) is 0. The number of pyridine rings is 1. The molecule has 0 saturated carbocycles. The van der Waals surface area contributed by atoms with Crippen LogP contribution in [0.3, 0.4) is 0 Å². The molecule has 1 rings (SSSR count). The van der Waals surface area contributed by atoms with Gasteiger partial charge in [-0.25, -0.2) is 0 Å². The minimum Gasteiger partial charge on any atom is -0.258 e. The summed E-state index contributed by atoms with van der Waals surface area (Å²) < 4.78 is 0. The Labute approximate surface area is 88.9 Å². The van der Waals surface area contributed by atoms with Gasteiger partial charge in [0.25, 0.3) is 0 Å². The lowest BCUT2D eigenvalue weighted by molar-refractivity contribution is 1.07. The Hall–Kier alpha value is -0.210. The molecule has 1 heterocycles. The van der Waals surface area contributed by atoms with Crippen LogP contribution in [-0.2, 0) is 0 Å². The van der Waals surface area contributed by atoms with Crippen molar-refractivity contribution >= 4 is 23.4 Å². The molecule has 0 radical (unpaired) electrons. The summed E-state index contributed by atoms with van der Waals surface area (Å²) in [7, 11) is 0. The lowest BCUT2D eigenvalue weighted by Gasteiger charge is -2.08. The highest BCUT2D eigenvalue weighted by Gasteiger charge is 2.03. The van der Waals surface area contributed by atoms with Crippen molar-refractivity contribution in [1.29, 1.82) is 0 Å². The van der Waals surface area contributed by atoms with Crippen molar-refractivity contribution in [2.24, 2.45) is 0 Å². The van der Waals surface area contributed by atoms with Gasteiger partial charge in [0.2, 0.25) is 0 Å². The van der Waals surface area contributed by atoms with Crippen molar-refractivity contribution in [3.05, 3.63) is 23.5 Å². The zero-order valence-electron chi connectivity index (χ0n) is 8.17. The number of hydrogen-bond acceptors (Lipinski definition) is 2. The van der Waals surface area contributed by atoms with Crippen LogP contribution in [0.4, 0.5) is 0 Å². The van der Waals surface area contributed by atoms with E-state index < -0.39 is 0 Å². The number of aryl methyl sites for hydroxylation is 2. The Balaban J connectivity index is 2.77. The van der Waals surface area contributed by atoms with Crippen LogP contribution in [0, 0.1) is 13.8 Å². The maximum absolute atomic E-state index is 5.75. The van der Waals surface area contributed by atoms with Crippen LogP contribution in [0.1, 0.15) is 18.3 Å². The second-order valence-corrected chi connectivity index (χ2v) is 4.99. The predicted octanol–water partition coefficient (Wildman–Crippen LogP) is 3.42. The van der Waals surface area contributed by atoms with Crippen molar-refractivity contribution in [3.63, 3.8) is 0 Å². The van der Waals surface area contributed by atoms with Crippen LogP contribution in [0.15, 0.2) is 17.0 Å². The first kappa shape index (κ1) is 10.9. The van der Waals surface area contributed by atoms with Crippen molar-refractivity contribution < 1.29 is 0 Å². The zero-order valence-corrected chi connectivity index (χ0v) is 9.75. The number of nitrogens with zero attached hydrogens (tertiary/aromatic N) is 1. The molecule has 0 aromatic carbocycles. The summed E-state index contributed by atoms with van der Waals surface area (Å²) >= 11 is 7.54. The average Bonchev–Trinajstić information content (AvgIpc) is 2.02. The van der Waals surface area contributed by atoms with Crippen LogP contribution in [0.25, 0.3) is 0 Å². The molecule has 13 heavy (non-hydrogen) atoms. The van der Waals surface area contributed by atoms with E-state index in [-0.39, 0.29) is 0 Å². The molecule has 1 atom stereocenters. The third-order valence-electron chi connectivity index (χ3n) is 1.61. The Bertz CT molecular complexity index is 268. The highest BCUT2D eigenvalue weighted by molar-refractivity contribution is 8.00. The monoisotopic (exact) mass is 215 g/mol. The molecule has 3 heteroatoms. The van der Waals surface area contributed by atoms with Gasteiger partial charge in [-0.3, -0.25) is 4.98 Å². The first-order chi connectivity index (χ1) is 6.11. The standard InChI is InChI=1S/C10H14ClNS/c1-7-4-10(5-8(2)12-7)13-9(3)6-11/h4-5,9H,6H2,1-3H3. The van der Waals surface area contributed by atoms with E-state index in [9.17, 15) is 0 Å². The molecule has 0 amide bonds. The summed E-state index contributed by atoms with van der Waals surface area (Å²) in [5, 5.41) is 0.461. The summed E-state index contributed by atoms with van der Waals surface area (Å²) in [5.41, 5.74) is 2.15. The Kier molecular flexibility index (Phi) is 4.07. The first-order valence-corrected chi connectivity index (χ1v) is 5.71. The van der Waals surface area contributed by atoms with Gasteiger partial charge in [-0.05, 0) is 26.0 Å². The average molecular weight is 216 g/mol. The topological polar surface area (TPSA) is 12.9 Å². The van der Waals surface area contributed by atoms with E-state index in [1.807, 2.05) is 13.8 Å². The molecule has 1 aromatic rings. The molecule has 1 nitrogen and oxygen atoms in total. The van der Waals surface area contributed by atoms with Gasteiger partial charge in [-0.15, -0.1) is 23.4 Å². The summed E-state index contributed by atoms with van der Waals surface area (Å²) in [6.45, 7) is 6.16. The van der Waals surface area contributed by atoms with Crippen molar-refractivity contribution in [2.45, 2.75) is 30.9 Å². The molecule has 0 aliphatic rings. The largest absolute Gasteiger partial charge is 0.258 e. The number of aromatic nitrogens is 1. The third kappa shape index (κ3) is 3.57. The van der Waals surface area contributed by atoms with E-state index in [0.29, 0.717) is 11.1 Å². The lowest BCUT2D eigenvalue weighted by Crippen LogP contribution is -1.97. The molecule has 0 bridgehead atoms. The van der Waals surface area contributed by atoms with Gasteiger partial charge in [0, 0.05) is 27.4 Å². The minimum atomic E-state index is 0.461. The van der Waals surface area contributed by atoms with Crippen LogP contribution in [0.5, 0.6) is 0 Å². The quantitative estimate of drug-likeness (QED) is 0.566. The summed E-state index contributed by atoms with van der Waals surface area (Å²) in [6, 6.07) is 4.20. The maximum Gasteiger partial charge on any atom is 0.0387 e. The summed E-state index contributed by atoms with van der Waals surface area (Å²) in [6.07, 6.45) is 0. The highest BCUT2D eigenvalue weighted by Crippen LogP contribution is 2.24. The minimum absolute atomic E-state index is 0.461. The molecule has 1 unspecified atom stereocenters. The molecule has 0 aliphatic carbocycles. The normalized spacial score (nSPS) is 12.9.